The van der Waals surface area contributed by atoms with Gasteiger partial charge in [-0.15, -0.1) is 0 Å². The fourth-order valence-corrected chi connectivity index (χ4v) is 1.36. The normalized spacial score (nSPS) is 13.1. The first-order valence-electron chi connectivity index (χ1n) is 5.26. The van der Waals surface area contributed by atoms with E-state index in [1.165, 1.54) is 13.8 Å². The van der Waals surface area contributed by atoms with E-state index in [-0.39, 0.29) is 18.8 Å². The Bertz CT molecular complexity index is 286. The maximum absolute atomic E-state index is 11.8. The Hall–Kier alpha value is -1.16. The summed E-state index contributed by atoms with van der Waals surface area (Å²) < 4.78 is 4.80. The third-order valence-corrected chi connectivity index (χ3v) is 1.94. The highest BCUT2D eigenvalue weighted by atomic mass is 16.5. The Morgan fingerprint density at radius 1 is 1.44 bits per heavy atom. The lowest BCUT2D eigenvalue weighted by Crippen LogP contribution is -2.33. The number of carbonyl (C=O) groups is 2. The van der Waals surface area contributed by atoms with Crippen molar-refractivity contribution in [3.8, 4) is 0 Å². The lowest BCUT2D eigenvalue weighted by atomic mass is 9.89. The second-order valence-electron chi connectivity index (χ2n) is 4.49. The van der Waals surface area contributed by atoms with E-state index in [1.54, 1.807) is 13.8 Å². The molecule has 0 aromatic carbocycles. The number of hydrogen-bond donors (Lipinski definition) is 1. The molecule has 0 rings (SSSR count). The van der Waals surface area contributed by atoms with Gasteiger partial charge in [-0.25, -0.2) is 0 Å². The Kier molecular flexibility index (Phi) is 5.38. The van der Waals surface area contributed by atoms with Crippen LogP contribution in [0, 0.1) is 5.92 Å². The van der Waals surface area contributed by atoms with Gasteiger partial charge >= 0.3 is 5.97 Å². The van der Waals surface area contributed by atoms with Crippen LogP contribution in [0.2, 0.25) is 0 Å². The quantitative estimate of drug-likeness (QED) is 0.425. The number of Topliss-reactive ketones (excluding diaryl/α,β-unsaturated/α-hetero) is 1. The minimum Gasteiger partial charge on any atom is -0.465 e. The minimum absolute atomic E-state index is 0.0939. The van der Waals surface area contributed by atoms with Gasteiger partial charge in [0.2, 0.25) is 0 Å². The van der Waals surface area contributed by atoms with Crippen molar-refractivity contribution < 1.29 is 19.4 Å². The van der Waals surface area contributed by atoms with Crippen molar-refractivity contribution in [1.29, 1.82) is 0 Å². The molecule has 1 N–H and O–H groups in total. The fourth-order valence-electron chi connectivity index (χ4n) is 1.36. The standard InChI is InChI=1S/C12H20O4/c1-6-16-11(14)10(8(2)3)9(13)7-12(4,5)15/h10,15H,2,6-7H2,1,3-5H3. The summed E-state index contributed by atoms with van der Waals surface area (Å²) in [5, 5.41) is 9.53. The van der Waals surface area contributed by atoms with Gasteiger partial charge in [-0.05, 0) is 27.7 Å². The van der Waals surface area contributed by atoms with E-state index in [0.717, 1.165) is 0 Å². The van der Waals surface area contributed by atoms with E-state index in [0.29, 0.717) is 5.57 Å². The first-order valence-corrected chi connectivity index (χ1v) is 5.26. The molecule has 0 aromatic heterocycles. The predicted molar refractivity (Wildman–Crippen MR) is 60.9 cm³/mol. The molecule has 92 valence electrons. The second kappa shape index (κ2) is 5.80. The number of aliphatic hydroxyl groups is 1. The number of esters is 1. The molecule has 16 heavy (non-hydrogen) atoms. The van der Waals surface area contributed by atoms with Crippen LogP contribution in [0.4, 0.5) is 0 Å². The van der Waals surface area contributed by atoms with Crippen LogP contribution in [0.5, 0.6) is 0 Å². The van der Waals surface area contributed by atoms with E-state index in [1.807, 2.05) is 0 Å². The van der Waals surface area contributed by atoms with Gasteiger partial charge in [-0.2, -0.15) is 0 Å². The number of ether oxygens (including phenoxy) is 1. The third kappa shape index (κ3) is 5.07. The summed E-state index contributed by atoms with van der Waals surface area (Å²) in [6.45, 7) is 10.1. The van der Waals surface area contributed by atoms with Crippen LogP contribution in [-0.4, -0.2) is 29.1 Å². The van der Waals surface area contributed by atoms with Gasteiger partial charge < -0.3 is 9.84 Å². The van der Waals surface area contributed by atoms with Gasteiger partial charge in [-0.3, -0.25) is 9.59 Å². The highest BCUT2D eigenvalue weighted by molar-refractivity contribution is 6.02. The molecule has 0 radical (unpaired) electrons. The van der Waals surface area contributed by atoms with E-state index in [4.69, 9.17) is 4.74 Å². The van der Waals surface area contributed by atoms with Crippen LogP contribution in [0.15, 0.2) is 12.2 Å². The van der Waals surface area contributed by atoms with Crippen molar-refractivity contribution in [2.45, 2.75) is 39.7 Å². The van der Waals surface area contributed by atoms with Crippen LogP contribution < -0.4 is 0 Å². The molecule has 0 aliphatic heterocycles. The summed E-state index contributed by atoms with van der Waals surface area (Å²) in [6, 6.07) is 0. The summed E-state index contributed by atoms with van der Waals surface area (Å²) in [5.74, 6) is -1.92. The summed E-state index contributed by atoms with van der Waals surface area (Å²) in [5.41, 5.74) is -0.690. The molecular weight excluding hydrogens is 208 g/mol. The lowest BCUT2D eigenvalue weighted by Gasteiger charge is -2.20. The smallest absolute Gasteiger partial charge is 0.320 e. The van der Waals surface area contributed by atoms with Gasteiger partial charge in [0.25, 0.3) is 0 Å². The van der Waals surface area contributed by atoms with Crippen LogP contribution in [0.25, 0.3) is 0 Å². The zero-order chi connectivity index (χ0) is 12.9. The molecule has 4 heteroatoms. The largest absolute Gasteiger partial charge is 0.465 e. The molecule has 0 fully saturated rings. The van der Waals surface area contributed by atoms with Gasteiger partial charge in [0.05, 0.1) is 12.2 Å². The number of rotatable bonds is 6. The average Bonchev–Trinajstić information content (AvgIpc) is 1.99. The summed E-state index contributed by atoms with van der Waals surface area (Å²) in [7, 11) is 0. The molecule has 0 saturated heterocycles. The van der Waals surface area contributed by atoms with Crippen molar-refractivity contribution >= 4 is 11.8 Å². The number of ketones is 1. The molecule has 0 amide bonds. The molecule has 1 atom stereocenters. The van der Waals surface area contributed by atoms with E-state index in [2.05, 4.69) is 6.58 Å². The second-order valence-corrected chi connectivity index (χ2v) is 4.49. The van der Waals surface area contributed by atoms with Gasteiger partial charge in [0.15, 0.2) is 5.78 Å². The molecule has 1 unspecified atom stereocenters. The number of carbonyl (C=O) groups excluding carboxylic acids is 2. The zero-order valence-corrected chi connectivity index (χ0v) is 10.4. The highest BCUT2D eigenvalue weighted by Crippen LogP contribution is 2.18. The van der Waals surface area contributed by atoms with Crippen molar-refractivity contribution in [2.24, 2.45) is 5.92 Å². The van der Waals surface area contributed by atoms with Crippen molar-refractivity contribution in [1.82, 2.24) is 0 Å². The first kappa shape index (κ1) is 14.8. The molecule has 0 aromatic rings. The molecule has 0 bridgehead atoms. The average molecular weight is 228 g/mol. The summed E-state index contributed by atoms with van der Waals surface area (Å²) in [6.07, 6.45) is -0.0939. The van der Waals surface area contributed by atoms with Crippen molar-refractivity contribution in [2.75, 3.05) is 6.61 Å². The SMILES string of the molecule is C=C(C)C(C(=O)CC(C)(C)O)C(=O)OCC. The van der Waals surface area contributed by atoms with Crippen LogP contribution in [0.3, 0.4) is 0 Å². The molecule has 0 heterocycles. The summed E-state index contributed by atoms with van der Waals surface area (Å²) >= 11 is 0. The first-order chi connectivity index (χ1) is 7.19. The van der Waals surface area contributed by atoms with E-state index < -0.39 is 17.5 Å². The minimum atomic E-state index is -1.13. The molecule has 0 aliphatic rings. The molecule has 0 aliphatic carbocycles. The van der Waals surface area contributed by atoms with Crippen LogP contribution >= 0.6 is 0 Å². The Balaban J connectivity index is 4.74. The predicted octanol–water partition coefficient (Wildman–Crippen LogP) is 1.47. The fraction of sp³-hybridized carbons (Fsp3) is 0.667. The highest BCUT2D eigenvalue weighted by Gasteiger charge is 2.31. The Morgan fingerprint density at radius 2 is 1.94 bits per heavy atom. The topological polar surface area (TPSA) is 63.6 Å². The van der Waals surface area contributed by atoms with Crippen LogP contribution in [-0.2, 0) is 14.3 Å². The van der Waals surface area contributed by atoms with E-state index >= 15 is 0 Å². The van der Waals surface area contributed by atoms with Gasteiger partial charge in [0.1, 0.15) is 5.92 Å². The monoisotopic (exact) mass is 228 g/mol. The van der Waals surface area contributed by atoms with Crippen molar-refractivity contribution in [3.05, 3.63) is 12.2 Å². The Labute approximate surface area is 96.3 Å². The van der Waals surface area contributed by atoms with Gasteiger partial charge in [-0.1, -0.05) is 12.2 Å². The zero-order valence-electron chi connectivity index (χ0n) is 10.4. The molecule has 4 nitrogen and oxygen atoms in total. The maximum Gasteiger partial charge on any atom is 0.320 e. The Morgan fingerprint density at radius 3 is 2.25 bits per heavy atom. The van der Waals surface area contributed by atoms with Gasteiger partial charge in [0, 0.05) is 6.42 Å². The lowest BCUT2D eigenvalue weighted by molar-refractivity contribution is -0.150. The van der Waals surface area contributed by atoms with Crippen LogP contribution in [0.1, 0.15) is 34.1 Å². The van der Waals surface area contributed by atoms with Crippen molar-refractivity contribution in [3.63, 3.8) is 0 Å². The third-order valence-electron chi connectivity index (χ3n) is 1.94. The van der Waals surface area contributed by atoms with E-state index in [9.17, 15) is 14.7 Å². The number of hydrogen-bond acceptors (Lipinski definition) is 4. The maximum atomic E-state index is 11.8. The molecular formula is C12H20O4. The summed E-state index contributed by atoms with van der Waals surface area (Å²) in [4.78, 5) is 23.3. The molecule has 0 spiro atoms. The molecule has 0 saturated carbocycles.